The van der Waals surface area contributed by atoms with E-state index in [9.17, 15) is 9.90 Å². The minimum absolute atomic E-state index is 0.182. The Balaban J connectivity index is 2.23. The summed E-state index contributed by atoms with van der Waals surface area (Å²) in [6.45, 7) is 0. The third kappa shape index (κ3) is 1.68. The van der Waals surface area contributed by atoms with Crippen molar-refractivity contribution in [1.29, 1.82) is 0 Å². The molecule has 3 aromatic heterocycles. The molecule has 18 heavy (non-hydrogen) atoms. The SMILES string of the molecule is O=C(c1cccs1)c1c(O)[nH]c2cc(Cl)cnc12. The molecule has 2 N–H and O–H groups in total. The van der Waals surface area contributed by atoms with Crippen LogP contribution in [-0.4, -0.2) is 20.9 Å². The van der Waals surface area contributed by atoms with Crippen molar-refractivity contribution < 1.29 is 9.90 Å². The number of fused-ring (bicyclic) bond motifs is 1. The van der Waals surface area contributed by atoms with Crippen molar-refractivity contribution in [3.8, 4) is 5.88 Å². The number of thiophene rings is 1. The summed E-state index contributed by atoms with van der Waals surface area (Å²) in [6, 6.07) is 5.12. The van der Waals surface area contributed by atoms with Crippen molar-refractivity contribution in [3.63, 3.8) is 0 Å². The second kappa shape index (κ2) is 4.12. The predicted molar refractivity (Wildman–Crippen MR) is 70.5 cm³/mol. The number of carbonyl (C=O) groups is 1. The van der Waals surface area contributed by atoms with Crippen LogP contribution in [0.15, 0.2) is 29.8 Å². The average molecular weight is 279 g/mol. The van der Waals surface area contributed by atoms with Gasteiger partial charge in [0, 0.05) is 6.20 Å². The molecule has 0 aliphatic carbocycles. The summed E-state index contributed by atoms with van der Waals surface area (Å²) in [5.41, 5.74) is 1.15. The van der Waals surface area contributed by atoms with Gasteiger partial charge in [-0.15, -0.1) is 11.3 Å². The maximum atomic E-state index is 12.2. The molecule has 0 aromatic carbocycles. The van der Waals surface area contributed by atoms with Gasteiger partial charge in [-0.2, -0.15) is 0 Å². The van der Waals surface area contributed by atoms with Crippen molar-refractivity contribution >= 4 is 39.8 Å². The molecule has 3 rings (SSSR count). The first kappa shape index (κ1) is 11.3. The van der Waals surface area contributed by atoms with Gasteiger partial charge in [-0.05, 0) is 17.5 Å². The lowest BCUT2D eigenvalue weighted by atomic mass is 10.1. The van der Waals surface area contributed by atoms with Gasteiger partial charge in [0.25, 0.3) is 0 Å². The van der Waals surface area contributed by atoms with E-state index in [-0.39, 0.29) is 17.2 Å². The van der Waals surface area contributed by atoms with E-state index in [1.807, 2.05) is 5.38 Å². The summed E-state index contributed by atoms with van der Waals surface area (Å²) in [6.07, 6.45) is 1.45. The van der Waals surface area contributed by atoms with Crippen LogP contribution in [-0.2, 0) is 0 Å². The molecule has 3 aromatic rings. The van der Waals surface area contributed by atoms with Crippen molar-refractivity contribution in [3.05, 3.63) is 45.2 Å². The van der Waals surface area contributed by atoms with Crippen molar-refractivity contribution in [2.75, 3.05) is 0 Å². The lowest BCUT2D eigenvalue weighted by Crippen LogP contribution is -1.98. The molecule has 0 spiro atoms. The molecule has 90 valence electrons. The smallest absolute Gasteiger partial charge is 0.210 e. The van der Waals surface area contributed by atoms with Gasteiger partial charge in [0.05, 0.1) is 15.4 Å². The Morgan fingerprint density at radius 2 is 2.33 bits per heavy atom. The number of halogens is 1. The molecular formula is C12H7ClN2O2S. The van der Waals surface area contributed by atoms with Gasteiger partial charge >= 0.3 is 0 Å². The van der Waals surface area contributed by atoms with E-state index >= 15 is 0 Å². The molecule has 0 fully saturated rings. The van der Waals surface area contributed by atoms with E-state index in [2.05, 4.69) is 9.97 Å². The fourth-order valence-corrected chi connectivity index (χ4v) is 2.61. The lowest BCUT2D eigenvalue weighted by molar-refractivity contribution is 0.104. The number of carbonyl (C=O) groups excluding carboxylic acids is 1. The highest BCUT2D eigenvalue weighted by molar-refractivity contribution is 7.12. The Morgan fingerprint density at radius 3 is 3.06 bits per heavy atom. The molecule has 0 atom stereocenters. The van der Waals surface area contributed by atoms with E-state index in [4.69, 9.17) is 11.6 Å². The molecule has 0 aliphatic rings. The van der Waals surface area contributed by atoms with Crippen molar-refractivity contribution in [2.45, 2.75) is 0 Å². The highest BCUT2D eigenvalue weighted by Crippen LogP contribution is 2.30. The standard InChI is InChI=1S/C12H7ClN2O2S/c13-6-4-7-10(14-5-6)9(12(17)15-7)11(16)8-2-1-3-18-8/h1-5,15,17H. The van der Waals surface area contributed by atoms with Crippen LogP contribution in [0.4, 0.5) is 0 Å². The molecule has 3 heterocycles. The molecule has 0 bridgehead atoms. The first-order valence-electron chi connectivity index (χ1n) is 5.11. The maximum Gasteiger partial charge on any atom is 0.210 e. The Kier molecular flexibility index (Phi) is 2.57. The molecule has 0 saturated carbocycles. The van der Waals surface area contributed by atoms with E-state index < -0.39 is 0 Å². The van der Waals surface area contributed by atoms with E-state index in [1.165, 1.54) is 17.5 Å². The Bertz CT molecular complexity index is 734. The van der Waals surface area contributed by atoms with Gasteiger partial charge in [-0.3, -0.25) is 9.78 Å². The summed E-state index contributed by atoms with van der Waals surface area (Å²) < 4.78 is 0. The van der Waals surface area contributed by atoms with Crippen molar-refractivity contribution in [1.82, 2.24) is 9.97 Å². The summed E-state index contributed by atoms with van der Waals surface area (Å²) in [4.78, 5) is 19.6. The van der Waals surface area contributed by atoms with Crippen LogP contribution in [0.5, 0.6) is 5.88 Å². The predicted octanol–water partition coefficient (Wildman–Crippen LogP) is 3.21. The fraction of sp³-hybridized carbons (Fsp3) is 0. The van der Waals surface area contributed by atoms with Crippen molar-refractivity contribution in [2.24, 2.45) is 0 Å². The van der Waals surface area contributed by atoms with Crippen LogP contribution in [0.3, 0.4) is 0 Å². The van der Waals surface area contributed by atoms with Gasteiger partial charge in [0.2, 0.25) is 11.7 Å². The summed E-state index contributed by atoms with van der Waals surface area (Å²) in [7, 11) is 0. The molecule has 0 aliphatic heterocycles. The zero-order valence-electron chi connectivity index (χ0n) is 8.98. The molecule has 0 radical (unpaired) electrons. The van der Waals surface area contributed by atoms with E-state index in [0.717, 1.165) is 0 Å². The summed E-state index contributed by atoms with van der Waals surface area (Å²) >= 11 is 7.13. The van der Waals surface area contributed by atoms with Crippen LogP contribution in [0, 0.1) is 0 Å². The number of nitrogens with one attached hydrogen (secondary N) is 1. The normalized spacial score (nSPS) is 10.9. The highest BCUT2D eigenvalue weighted by Gasteiger charge is 2.21. The molecule has 0 unspecified atom stereocenters. The number of ketones is 1. The van der Waals surface area contributed by atoms with Gasteiger partial charge in [-0.1, -0.05) is 17.7 Å². The zero-order chi connectivity index (χ0) is 12.7. The van der Waals surface area contributed by atoms with Crippen LogP contribution in [0.1, 0.15) is 15.2 Å². The first-order valence-corrected chi connectivity index (χ1v) is 6.37. The maximum absolute atomic E-state index is 12.2. The second-order valence-electron chi connectivity index (χ2n) is 3.70. The number of nitrogens with zero attached hydrogens (tertiary/aromatic N) is 1. The van der Waals surface area contributed by atoms with Crippen LogP contribution >= 0.6 is 22.9 Å². The lowest BCUT2D eigenvalue weighted by Gasteiger charge is -1.96. The summed E-state index contributed by atoms with van der Waals surface area (Å²) in [5, 5.41) is 12.1. The molecule has 0 amide bonds. The monoisotopic (exact) mass is 278 g/mol. The third-order valence-corrected chi connectivity index (χ3v) is 3.63. The zero-order valence-corrected chi connectivity index (χ0v) is 10.5. The number of aromatic nitrogens is 2. The molecule has 6 heteroatoms. The summed E-state index contributed by atoms with van der Waals surface area (Å²) in [5.74, 6) is -0.429. The van der Waals surface area contributed by atoms with Crippen LogP contribution in [0.25, 0.3) is 11.0 Å². The van der Waals surface area contributed by atoms with Gasteiger partial charge in [0.15, 0.2) is 0 Å². The van der Waals surface area contributed by atoms with E-state index in [0.29, 0.717) is 20.9 Å². The van der Waals surface area contributed by atoms with Crippen LogP contribution in [0.2, 0.25) is 5.02 Å². The average Bonchev–Trinajstić information content (AvgIpc) is 2.94. The van der Waals surface area contributed by atoms with Crippen LogP contribution < -0.4 is 0 Å². The number of aromatic hydroxyl groups is 1. The minimum atomic E-state index is -0.247. The highest BCUT2D eigenvalue weighted by atomic mass is 35.5. The van der Waals surface area contributed by atoms with Gasteiger partial charge in [-0.25, -0.2) is 0 Å². The van der Waals surface area contributed by atoms with E-state index in [1.54, 1.807) is 18.2 Å². The fourth-order valence-electron chi connectivity index (χ4n) is 1.78. The largest absolute Gasteiger partial charge is 0.494 e. The number of hydrogen-bond donors (Lipinski definition) is 2. The Hall–Kier alpha value is -1.85. The second-order valence-corrected chi connectivity index (χ2v) is 5.09. The number of rotatable bonds is 2. The molecular weight excluding hydrogens is 272 g/mol. The third-order valence-electron chi connectivity index (χ3n) is 2.55. The topological polar surface area (TPSA) is 66.0 Å². The molecule has 0 saturated heterocycles. The number of H-pyrrole nitrogens is 1. The Morgan fingerprint density at radius 1 is 1.50 bits per heavy atom. The number of hydrogen-bond acceptors (Lipinski definition) is 4. The quantitative estimate of drug-likeness (QED) is 0.707. The number of aromatic amines is 1. The minimum Gasteiger partial charge on any atom is -0.494 e. The van der Waals surface area contributed by atoms with Gasteiger partial charge in [0.1, 0.15) is 11.1 Å². The first-order chi connectivity index (χ1) is 8.66. The van der Waals surface area contributed by atoms with Gasteiger partial charge < -0.3 is 10.1 Å². The molecule has 4 nitrogen and oxygen atoms in total. The Labute approximate surface area is 111 Å². The number of pyridine rings is 1.